The van der Waals surface area contributed by atoms with Crippen molar-refractivity contribution in [2.24, 2.45) is 0 Å². The average molecular weight is 985 g/mol. The molecule has 0 aliphatic heterocycles. The van der Waals surface area contributed by atoms with Gasteiger partial charge in [-0.2, -0.15) is 4.57 Å². The van der Waals surface area contributed by atoms with Gasteiger partial charge in [0, 0.05) is 11.6 Å². The van der Waals surface area contributed by atoms with Crippen LogP contribution in [0.5, 0.6) is 0 Å². The normalized spacial score (nSPS) is 11.5. The van der Waals surface area contributed by atoms with Gasteiger partial charge in [0.15, 0.2) is 76.0 Å². The molecule has 0 unspecified atom stereocenters. The first-order valence-electron chi connectivity index (χ1n) is 18.2. The Kier molecular flexibility index (Phi) is 13.7. The summed E-state index contributed by atoms with van der Waals surface area (Å²) in [7, 11) is 1.34. The Morgan fingerprint density at radius 3 is 1.03 bits per heavy atom. The maximum Gasteiger partial charge on any atom is 0.404 e. The first-order valence-corrected chi connectivity index (χ1v) is 18.2. The number of Topliss-reactive ketones (excluding diaryl/α,β-unsaturated/α-hetero) is 1. The van der Waals surface area contributed by atoms with Crippen LogP contribution in [0.3, 0.4) is 0 Å². The van der Waals surface area contributed by atoms with Crippen LogP contribution in [0, 0.1) is 116 Å². The fourth-order valence-corrected chi connectivity index (χ4v) is 7.46. The summed E-state index contributed by atoms with van der Waals surface area (Å²) in [6.45, 7) is 0.0826. The topological polar surface area (TPSA) is 47.2 Å². The molecule has 0 amide bonds. The fourth-order valence-electron chi connectivity index (χ4n) is 7.46. The first-order chi connectivity index (χ1) is 31.9. The minimum atomic E-state index is -7.22. The van der Waals surface area contributed by atoms with E-state index in [1.807, 2.05) is 48.5 Å². The van der Waals surface area contributed by atoms with Crippen LogP contribution in [0.4, 0.5) is 87.8 Å². The Morgan fingerprint density at radius 2 is 0.706 bits per heavy atom. The van der Waals surface area contributed by atoms with Gasteiger partial charge in [0.25, 0.3) is 5.69 Å². The lowest BCUT2D eigenvalue weighted by molar-refractivity contribution is -0.684. The molecule has 0 aliphatic rings. The Balaban J connectivity index is 0.000000276. The number of halogens is 20. The van der Waals surface area contributed by atoms with Gasteiger partial charge in [0.1, 0.15) is 52.7 Å². The van der Waals surface area contributed by atoms with Crippen LogP contribution >= 0.6 is 0 Å². The van der Waals surface area contributed by atoms with E-state index >= 15 is 35.1 Å². The quantitative estimate of drug-likeness (QED) is 0.0292. The molecule has 354 valence electrons. The van der Waals surface area contributed by atoms with Gasteiger partial charge in [-0.05, 0) is 11.5 Å². The summed E-state index contributed by atoms with van der Waals surface area (Å²) >= 11 is 0. The van der Waals surface area contributed by atoms with Gasteiger partial charge in [-0.25, -0.2) is 92.6 Å². The van der Waals surface area contributed by atoms with E-state index in [1.54, 1.807) is 22.9 Å². The number of rotatable bonds is 8. The largest absolute Gasteiger partial charge is 0.461 e. The van der Waals surface area contributed by atoms with Crippen molar-refractivity contribution in [1.29, 1.82) is 0 Å². The molecule has 0 saturated heterocycles. The highest BCUT2D eigenvalue weighted by molar-refractivity contribution is 7.20. The minimum Gasteiger partial charge on any atom is -0.461 e. The second-order valence-corrected chi connectivity index (χ2v) is 14.0. The molecule has 0 spiro atoms. The number of hydrogen-bond donors (Lipinski definition) is 0. The Morgan fingerprint density at radius 1 is 0.412 bits per heavy atom. The van der Waals surface area contributed by atoms with E-state index in [0.717, 1.165) is 10.8 Å². The van der Waals surface area contributed by atoms with Crippen LogP contribution in [0.1, 0.15) is 20.8 Å². The second-order valence-electron chi connectivity index (χ2n) is 14.0. The third-order valence-electron chi connectivity index (χ3n) is 10.4. The molecule has 6 aromatic carbocycles. The van der Waals surface area contributed by atoms with Crippen LogP contribution in [0.25, 0.3) is 10.8 Å². The fraction of sp³-hybridized carbons (Fsp3) is 0.0465. The standard InChI is InChI=1S/C24BF20.C19H16NO3/c26-5-1(6(27)14(35)21(42)13(5)34)25(2-7(28)15(36)22(43)16(37)8(2)29,3-9(30)17(38)23(44)18(39)10(3)31)4-11(32)19(40)24(45)20(41)12(4)33;1-23-19(22)18-16-10-6-5-7-14(16)11-12-20(18)13-17(21)15-8-3-2-4-9-15/h;2-12H,13H2,1H3/q-1;+1. The Hall–Kier alpha value is -7.47. The number of ketones is 1. The number of carbonyl (C=O) groups is 2. The summed E-state index contributed by atoms with van der Waals surface area (Å²) in [6.07, 6.45) is -5.47. The number of pyridine rings is 1. The van der Waals surface area contributed by atoms with E-state index in [9.17, 15) is 62.3 Å². The van der Waals surface area contributed by atoms with Crippen LogP contribution < -0.4 is 26.4 Å². The summed E-state index contributed by atoms with van der Waals surface area (Å²) in [5.41, 5.74) is -13.3. The molecular formula is C43H16BF20NO3. The Labute approximate surface area is 365 Å². The van der Waals surface area contributed by atoms with Gasteiger partial charge in [-0.15, -0.1) is 21.9 Å². The van der Waals surface area contributed by atoms with Crippen LogP contribution in [0.2, 0.25) is 0 Å². The molecule has 0 N–H and O–H groups in total. The number of aromatic nitrogens is 1. The molecule has 7 aromatic rings. The number of nitrogens with zero attached hydrogens (tertiary/aromatic N) is 1. The van der Waals surface area contributed by atoms with E-state index in [4.69, 9.17) is 4.74 Å². The van der Waals surface area contributed by atoms with Gasteiger partial charge >= 0.3 is 5.97 Å². The van der Waals surface area contributed by atoms with E-state index in [-0.39, 0.29) is 12.3 Å². The third kappa shape index (κ3) is 7.71. The molecule has 0 bridgehead atoms. The lowest BCUT2D eigenvalue weighted by Gasteiger charge is -2.44. The molecule has 0 aliphatic carbocycles. The Bertz CT molecular complexity index is 2860. The molecule has 0 saturated carbocycles. The molecule has 0 fully saturated rings. The number of esters is 1. The van der Waals surface area contributed by atoms with Crippen molar-refractivity contribution in [2.45, 2.75) is 6.54 Å². The molecule has 0 atom stereocenters. The highest BCUT2D eigenvalue weighted by Gasteiger charge is 2.52. The van der Waals surface area contributed by atoms with Gasteiger partial charge in [-0.1, -0.05) is 48.5 Å². The average Bonchev–Trinajstić information content (AvgIpc) is 3.33. The van der Waals surface area contributed by atoms with Crippen molar-refractivity contribution >= 4 is 50.5 Å². The molecule has 0 radical (unpaired) electrons. The summed E-state index contributed by atoms with van der Waals surface area (Å²) in [6, 6.07) is 18.5. The van der Waals surface area contributed by atoms with Crippen molar-refractivity contribution in [2.75, 3.05) is 7.11 Å². The second kappa shape index (κ2) is 18.7. The van der Waals surface area contributed by atoms with Crippen molar-refractivity contribution in [1.82, 2.24) is 0 Å². The minimum absolute atomic E-state index is 0.0592. The lowest BCUT2D eigenvalue weighted by atomic mass is 9.12. The maximum absolute atomic E-state index is 15.4. The number of hydrogen-bond acceptors (Lipinski definition) is 3. The SMILES string of the molecule is COC(=O)c1c2ccccc2cc[n+]1CC(=O)c1ccccc1.Fc1c(F)c(F)c([B-](c2c(F)c(F)c(F)c(F)c2F)(c2c(F)c(F)c(F)c(F)c2F)c2c(F)c(F)c(F)c(F)c2F)c(F)c1F. The lowest BCUT2D eigenvalue weighted by Crippen LogP contribution is -2.81. The third-order valence-corrected chi connectivity index (χ3v) is 10.4. The molecule has 68 heavy (non-hydrogen) atoms. The van der Waals surface area contributed by atoms with Crippen molar-refractivity contribution in [3.8, 4) is 0 Å². The van der Waals surface area contributed by atoms with Crippen molar-refractivity contribution in [3.05, 3.63) is 194 Å². The molecular weight excluding hydrogens is 969 g/mol. The van der Waals surface area contributed by atoms with Crippen LogP contribution in [0.15, 0.2) is 66.9 Å². The number of benzene rings is 6. The molecule has 4 nitrogen and oxygen atoms in total. The van der Waals surface area contributed by atoms with Crippen LogP contribution in [-0.2, 0) is 11.3 Å². The molecule has 7 rings (SSSR count). The monoisotopic (exact) mass is 985 g/mol. The first kappa shape index (κ1) is 50.0. The van der Waals surface area contributed by atoms with Crippen molar-refractivity contribution in [3.63, 3.8) is 0 Å². The maximum atomic E-state index is 15.4. The zero-order valence-electron chi connectivity index (χ0n) is 32.9. The van der Waals surface area contributed by atoms with Crippen LogP contribution in [-0.4, -0.2) is 25.0 Å². The van der Waals surface area contributed by atoms with E-state index in [2.05, 4.69) is 0 Å². The summed E-state index contributed by atoms with van der Waals surface area (Å²) < 4.78 is 300. The number of fused-ring (bicyclic) bond motifs is 1. The zero-order valence-corrected chi connectivity index (χ0v) is 32.9. The number of ether oxygens (including phenoxy) is 1. The van der Waals surface area contributed by atoms with Gasteiger partial charge in [0.2, 0.25) is 12.3 Å². The number of carbonyl (C=O) groups excluding carboxylic acids is 2. The van der Waals surface area contributed by atoms with Gasteiger partial charge < -0.3 is 4.74 Å². The highest BCUT2D eigenvalue weighted by atomic mass is 19.2. The molecule has 1 aromatic heterocycles. The number of methoxy groups -OCH3 is 1. The van der Waals surface area contributed by atoms with Gasteiger partial charge in [-0.3, -0.25) is 4.79 Å². The smallest absolute Gasteiger partial charge is 0.404 e. The summed E-state index contributed by atoms with van der Waals surface area (Å²) in [5.74, 6) is -71.9. The van der Waals surface area contributed by atoms with Gasteiger partial charge in [0.05, 0.1) is 12.5 Å². The van der Waals surface area contributed by atoms with E-state index in [1.165, 1.54) is 7.11 Å². The molecule has 1 heterocycles. The highest BCUT2D eigenvalue weighted by Crippen LogP contribution is 2.31. The predicted molar refractivity (Wildman–Crippen MR) is 195 cm³/mol. The summed E-state index contributed by atoms with van der Waals surface area (Å²) in [5, 5.41) is 1.69. The molecule has 25 heteroatoms. The van der Waals surface area contributed by atoms with E-state index in [0.29, 0.717) is 11.3 Å². The summed E-state index contributed by atoms with van der Waals surface area (Å²) in [4.78, 5) is 24.7. The zero-order chi connectivity index (χ0) is 50.6. The van der Waals surface area contributed by atoms with E-state index < -0.39 is 150 Å². The predicted octanol–water partition coefficient (Wildman–Crippen LogP) is 8.64. The van der Waals surface area contributed by atoms with Crippen molar-refractivity contribution < 1.29 is 107 Å².